The first-order valence-corrected chi connectivity index (χ1v) is 20.4. The molecule has 4 heterocycles. The number of aliphatic hydroxyl groups is 5. The molecule has 0 aliphatic carbocycles. The van der Waals surface area contributed by atoms with Crippen LogP contribution in [0.4, 0.5) is 0 Å². The Morgan fingerprint density at radius 3 is 1.68 bits per heavy atom. The average molecular weight is 919 g/mol. The lowest BCUT2D eigenvalue weighted by Crippen LogP contribution is -2.60. The second-order valence-corrected chi connectivity index (χ2v) is 15.8. The van der Waals surface area contributed by atoms with Crippen molar-refractivity contribution in [2.45, 2.75) is 60.9 Å². The summed E-state index contributed by atoms with van der Waals surface area (Å²) in [6, 6.07) is 9.69. The zero-order valence-electron chi connectivity index (χ0n) is 36.4. The molecule has 0 saturated carbocycles. The van der Waals surface area contributed by atoms with Gasteiger partial charge in [-0.1, -0.05) is 0 Å². The minimum Gasteiger partial charge on any atom is -0.502 e. The lowest BCUT2D eigenvalue weighted by Gasteiger charge is -2.40. The highest BCUT2D eigenvalue weighted by atomic mass is 16.7. The molecule has 4 saturated heterocycles. The fraction of sp³-hybridized carbons (Fsp3) is 0.523. The van der Waals surface area contributed by atoms with Crippen molar-refractivity contribution in [3.63, 3.8) is 0 Å². The molecule has 0 unspecified atom stereocenters. The molecule has 4 fully saturated rings. The Hall–Kier alpha value is -5.33. The molecule has 0 amide bonds. The smallest absolute Gasteiger partial charge is 0.330 e. The maximum Gasteiger partial charge on any atom is 0.330 e. The number of ether oxygens (including phenoxy) is 13. The molecule has 7 N–H and O–H groups in total. The number of phenols is 2. The van der Waals surface area contributed by atoms with E-state index in [1.807, 2.05) is 0 Å². The molecule has 4 aliphatic heterocycles. The van der Waals surface area contributed by atoms with Gasteiger partial charge in [0.2, 0.25) is 23.5 Å². The normalized spacial score (nSPS) is 30.8. The van der Waals surface area contributed by atoms with E-state index in [1.165, 1.54) is 60.9 Å². The third kappa shape index (κ3) is 9.52. The summed E-state index contributed by atoms with van der Waals surface area (Å²) in [5.74, 6) is -0.366. The van der Waals surface area contributed by atoms with Gasteiger partial charge in [0, 0.05) is 17.9 Å². The summed E-state index contributed by atoms with van der Waals surface area (Å²) in [4.78, 5) is 12.5. The molecular formula is C44H54O21. The quantitative estimate of drug-likeness (QED) is 0.0738. The lowest BCUT2D eigenvalue weighted by molar-refractivity contribution is -0.289. The number of carbonyl (C=O) groups excluding carboxylic acids is 1. The van der Waals surface area contributed by atoms with Crippen LogP contribution < -0.4 is 33.2 Å². The second-order valence-electron chi connectivity index (χ2n) is 15.8. The van der Waals surface area contributed by atoms with E-state index >= 15 is 0 Å². The standard InChI is InChI=1S/C44H54O21/c1-53-25-9-20(10-26(54-2)33(25)46)7-8-32(45)62-18-44(52)19-63-43(41(44)51)61-17-31-35(48)36(49)37(50)42(64-31)65-40-29(57-5)13-22(14-30(40)58-6)39-24-16-59-38(23(24)15-60-39)21-11-27(55-3)34(47)28(12-21)56-4/h7-14,23-24,31,35-39,41-43,46-52H,15-19H2,1-6H3/t23-,24-,31+,35+,36-,37+,38-,39+,41-,42-,43+,44+/m0/s1. The highest BCUT2D eigenvalue weighted by molar-refractivity contribution is 5.87. The summed E-state index contributed by atoms with van der Waals surface area (Å²) in [7, 11) is 8.40. The molecule has 356 valence electrons. The topological polar surface area (TPSA) is 279 Å². The van der Waals surface area contributed by atoms with Crippen molar-refractivity contribution in [2.75, 3.05) is 75.7 Å². The molecule has 21 heteroatoms. The van der Waals surface area contributed by atoms with Crippen molar-refractivity contribution in [1.29, 1.82) is 0 Å². The van der Waals surface area contributed by atoms with Crippen LogP contribution in [0.3, 0.4) is 0 Å². The van der Waals surface area contributed by atoms with Crippen molar-refractivity contribution < 1.29 is 102 Å². The number of hydrogen-bond donors (Lipinski definition) is 7. The van der Waals surface area contributed by atoms with E-state index < -0.39 is 80.6 Å². The van der Waals surface area contributed by atoms with E-state index in [0.717, 1.165) is 11.6 Å². The highest BCUT2D eigenvalue weighted by Gasteiger charge is 2.52. The number of rotatable bonds is 17. The van der Waals surface area contributed by atoms with E-state index in [1.54, 1.807) is 24.3 Å². The first-order chi connectivity index (χ1) is 31.2. The van der Waals surface area contributed by atoms with Gasteiger partial charge in [0.1, 0.15) is 37.1 Å². The molecule has 4 aliphatic rings. The van der Waals surface area contributed by atoms with Crippen molar-refractivity contribution in [2.24, 2.45) is 11.8 Å². The zero-order valence-corrected chi connectivity index (χ0v) is 36.4. The molecule has 7 rings (SSSR count). The first-order valence-electron chi connectivity index (χ1n) is 20.4. The van der Waals surface area contributed by atoms with Gasteiger partial charge in [-0.2, -0.15) is 0 Å². The number of hydrogen-bond acceptors (Lipinski definition) is 21. The van der Waals surface area contributed by atoms with Gasteiger partial charge in [0.25, 0.3) is 0 Å². The van der Waals surface area contributed by atoms with Crippen LogP contribution in [-0.4, -0.2) is 166 Å². The van der Waals surface area contributed by atoms with Gasteiger partial charge >= 0.3 is 5.97 Å². The molecule has 3 aromatic rings. The molecule has 12 atom stereocenters. The van der Waals surface area contributed by atoms with Crippen LogP contribution in [0.25, 0.3) is 6.08 Å². The maximum atomic E-state index is 12.5. The number of esters is 1. The molecule has 0 spiro atoms. The summed E-state index contributed by atoms with van der Waals surface area (Å²) in [6.07, 6.45) is -9.94. The predicted octanol–water partition coefficient (Wildman–Crippen LogP) is 1.13. The average Bonchev–Trinajstić information content (AvgIpc) is 4.01. The number of aromatic hydroxyl groups is 2. The summed E-state index contributed by atoms with van der Waals surface area (Å²) in [6.45, 7) is -1.04. The van der Waals surface area contributed by atoms with Crippen LogP contribution in [0.5, 0.6) is 51.7 Å². The Morgan fingerprint density at radius 1 is 0.677 bits per heavy atom. The third-order valence-corrected chi connectivity index (χ3v) is 11.9. The number of carbonyl (C=O) groups is 1. The Labute approximate surface area is 373 Å². The van der Waals surface area contributed by atoms with E-state index in [0.29, 0.717) is 24.3 Å². The molecule has 3 aromatic carbocycles. The van der Waals surface area contributed by atoms with Gasteiger partial charge < -0.3 is 97.3 Å². The minimum absolute atomic E-state index is 0.00374. The minimum atomic E-state index is -2.10. The summed E-state index contributed by atoms with van der Waals surface area (Å²) in [5, 5.41) is 75.3. The fourth-order valence-corrected chi connectivity index (χ4v) is 8.29. The monoisotopic (exact) mass is 918 g/mol. The first kappa shape index (κ1) is 47.6. The maximum absolute atomic E-state index is 12.5. The molecule has 0 radical (unpaired) electrons. The van der Waals surface area contributed by atoms with Gasteiger partial charge in [-0.3, -0.25) is 0 Å². The third-order valence-electron chi connectivity index (χ3n) is 11.9. The van der Waals surface area contributed by atoms with Gasteiger partial charge in [-0.15, -0.1) is 0 Å². The Morgan fingerprint density at radius 2 is 1.17 bits per heavy atom. The van der Waals surface area contributed by atoms with Crippen LogP contribution in [-0.2, 0) is 33.2 Å². The second kappa shape index (κ2) is 20.0. The van der Waals surface area contributed by atoms with Crippen LogP contribution >= 0.6 is 0 Å². The number of aliphatic hydroxyl groups excluding tert-OH is 4. The Kier molecular flexibility index (Phi) is 14.7. The van der Waals surface area contributed by atoms with E-state index in [9.17, 15) is 40.5 Å². The highest BCUT2D eigenvalue weighted by Crippen LogP contribution is 2.54. The van der Waals surface area contributed by atoms with Gasteiger partial charge in [-0.25, -0.2) is 4.79 Å². The number of benzene rings is 3. The van der Waals surface area contributed by atoms with E-state index in [2.05, 4.69) is 0 Å². The number of fused-ring (bicyclic) bond motifs is 1. The predicted molar refractivity (Wildman–Crippen MR) is 220 cm³/mol. The fourth-order valence-electron chi connectivity index (χ4n) is 8.29. The van der Waals surface area contributed by atoms with Gasteiger partial charge in [0.15, 0.2) is 46.4 Å². The van der Waals surface area contributed by atoms with Crippen molar-refractivity contribution in [3.8, 4) is 51.7 Å². The van der Waals surface area contributed by atoms with Crippen LogP contribution in [0.15, 0.2) is 42.5 Å². The van der Waals surface area contributed by atoms with Crippen LogP contribution in [0, 0.1) is 11.8 Å². The number of methoxy groups -OCH3 is 6. The molecular weight excluding hydrogens is 864 g/mol. The van der Waals surface area contributed by atoms with Crippen molar-refractivity contribution in [1.82, 2.24) is 0 Å². The Bertz CT molecular complexity index is 2110. The molecule has 65 heavy (non-hydrogen) atoms. The SMILES string of the molecule is COc1cc(C=CC(=O)OC[C@@]2(O)CO[C@@H](OC[C@H]3O[C@@H](Oc4c(OC)cc([C@H]5OC[C@H]6[C@@H]5CO[C@H]6c5cc(OC)c(O)c(OC)c5)cc4OC)[C@H](O)[C@@H](O)[C@@H]3O)[C@@H]2O)cc(OC)c1O. The van der Waals surface area contributed by atoms with Crippen molar-refractivity contribution >= 4 is 12.0 Å². The van der Waals surface area contributed by atoms with Crippen LogP contribution in [0.1, 0.15) is 28.9 Å². The van der Waals surface area contributed by atoms with Gasteiger partial charge in [-0.05, 0) is 59.2 Å². The summed E-state index contributed by atoms with van der Waals surface area (Å²) in [5.41, 5.74) is -0.245. The summed E-state index contributed by atoms with van der Waals surface area (Å²) >= 11 is 0. The van der Waals surface area contributed by atoms with E-state index in [4.69, 9.17) is 61.6 Å². The zero-order chi connectivity index (χ0) is 46.7. The largest absolute Gasteiger partial charge is 0.502 e. The van der Waals surface area contributed by atoms with Crippen LogP contribution in [0.2, 0.25) is 0 Å². The van der Waals surface area contributed by atoms with E-state index in [-0.39, 0.29) is 69.7 Å². The Balaban J connectivity index is 0.974. The number of phenolic OH excluding ortho intramolecular Hbond substituents is 2. The van der Waals surface area contributed by atoms with Crippen molar-refractivity contribution in [3.05, 3.63) is 59.2 Å². The molecule has 0 aromatic heterocycles. The summed E-state index contributed by atoms with van der Waals surface area (Å²) < 4.78 is 73.2. The lowest BCUT2D eigenvalue weighted by atomic mass is 9.84. The van der Waals surface area contributed by atoms with Gasteiger partial charge in [0.05, 0.1) is 81.3 Å². The molecule has 21 nitrogen and oxygen atoms in total. The molecule has 0 bridgehead atoms.